The Morgan fingerprint density at radius 3 is 1.57 bits per heavy atom. The number of rotatable bonds is 19. The Kier molecular flexibility index (Phi) is 26.6. The largest absolute Gasteiger partial charge is 0.432 e. The van der Waals surface area contributed by atoms with Crippen LogP contribution < -0.4 is 0 Å². The molecule has 45 atom stereocenters. The van der Waals surface area contributed by atoms with E-state index in [0.29, 0.717) is 51.4 Å². The molecule has 0 radical (unpaired) electrons. The van der Waals surface area contributed by atoms with Gasteiger partial charge in [-0.3, -0.25) is 4.79 Å². The molecule has 8 heterocycles. The number of hydrogen-bond donors (Lipinski definition) is 21. The third-order valence-electron chi connectivity index (χ3n) is 28.6. The molecule has 38 nitrogen and oxygen atoms in total. The van der Waals surface area contributed by atoms with Crippen molar-refractivity contribution in [3.63, 3.8) is 0 Å². The van der Waals surface area contributed by atoms with Gasteiger partial charge in [0.25, 0.3) is 0 Å². The molecule has 38 heteroatoms. The van der Waals surface area contributed by atoms with Crippen LogP contribution in [0.25, 0.3) is 0 Å². The minimum Gasteiger partial charge on any atom is -0.432 e. The van der Waals surface area contributed by atoms with Crippen molar-refractivity contribution in [3.8, 4) is 0 Å². The Morgan fingerprint density at radius 1 is 0.425 bits per heavy atom. The molecular weight excluding hydrogens is 1510 g/mol. The number of carbonyl (C=O) groups excluding carboxylic acids is 1. The van der Waals surface area contributed by atoms with Gasteiger partial charge in [-0.25, -0.2) is 0 Å². The molecule has 0 amide bonds. The van der Waals surface area contributed by atoms with Crippen LogP contribution in [-0.2, 0) is 80.6 Å². The van der Waals surface area contributed by atoms with Gasteiger partial charge in [0.1, 0.15) is 165 Å². The number of aliphatic hydroxyl groups excluding tert-OH is 21. The summed E-state index contributed by atoms with van der Waals surface area (Å²) in [6.45, 7) is 14.8. The van der Waals surface area contributed by atoms with Crippen molar-refractivity contribution < 1.29 is 188 Å². The zero-order chi connectivity index (χ0) is 82.2. The number of aliphatic hydroxyl groups is 21. The minimum atomic E-state index is -2.05. The van der Waals surface area contributed by atoms with E-state index in [4.69, 9.17) is 75.8 Å². The molecule has 13 aliphatic rings. The van der Waals surface area contributed by atoms with E-state index in [1.807, 2.05) is 0 Å². The van der Waals surface area contributed by atoms with E-state index in [9.17, 15) is 107 Å². The molecule has 0 spiro atoms. The first-order valence-corrected chi connectivity index (χ1v) is 39.8. The maximum absolute atomic E-state index is 15.3. The van der Waals surface area contributed by atoms with Crippen LogP contribution in [0.2, 0.25) is 0 Å². The van der Waals surface area contributed by atoms with Gasteiger partial charge in [-0.15, -0.1) is 0 Å². The van der Waals surface area contributed by atoms with Crippen molar-refractivity contribution in [3.05, 3.63) is 11.6 Å². The van der Waals surface area contributed by atoms with Crippen molar-refractivity contribution in [2.24, 2.45) is 50.2 Å². The van der Waals surface area contributed by atoms with E-state index in [2.05, 4.69) is 54.5 Å². The molecular formula is C75H122O38. The standard InChI is InChI=1S/C75H122O38/c1-27-40(80)47(87)53(93)63(102-27)111-60-43(83)32(79)24-99-68(60)109-57-34(22-77)105-64(55(95)50(57)90)106-36-26-101-62(51(91)46(36)86)110-58-41(81)28(2)103-66(56(58)96)112-59-42(82)31(78)23-98-67(59)108-39-13-14-72(7)37(71(39,5)6)12-15-74(9)38(72)11-10-29-30-20-70(3,4)16-18-75(30,19-17-73(29,74)8)69(97)113-65-54(94)49(89)45(85)35(107-65)25-100-61-52(92)48(88)44(84)33(21-76)104-61/h10,27-28,30-68,76-96H,11-26H2,1-9H3/t27-,28-,30-,31+,32+,33+,34+,35+,36+,37-,38+,39-,40-,41-,42-,43-,44+,45+,46-,47+,48-,49-,50+,51+,52+,53+,54+,55+,56+,57+,58+,59+,60+,61+,62-,63-,64-,65-,66-,67-,68-,72-,73+,74+,75-/m0/s1. The maximum Gasteiger partial charge on any atom is 0.315 e. The second kappa shape index (κ2) is 33.9. The molecule has 5 aliphatic carbocycles. The maximum atomic E-state index is 15.3. The van der Waals surface area contributed by atoms with Gasteiger partial charge in [-0.1, -0.05) is 60.1 Å². The highest BCUT2D eigenvalue weighted by atomic mass is 16.8. The molecule has 0 bridgehead atoms. The summed E-state index contributed by atoms with van der Waals surface area (Å²) < 4.78 is 95.0. The van der Waals surface area contributed by atoms with Gasteiger partial charge in [0.05, 0.1) is 63.4 Å². The van der Waals surface area contributed by atoms with Gasteiger partial charge in [0, 0.05) is 0 Å². The van der Waals surface area contributed by atoms with Gasteiger partial charge >= 0.3 is 5.97 Å². The van der Waals surface area contributed by atoms with Crippen LogP contribution >= 0.6 is 0 Å². The molecule has 0 aromatic heterocycles. The molecule has 0 unspecified atom stereocenters. The summed E-state index contributed by atoms with van der Waals surface area (Å²) in [5.74, 6) is -0.706. The zero-order valence-corrected chi connectivity index (χ0v) is 64.9. The number of esters is 1. The average molecular weight is 1630 g/mol. The Bertz CT molecular complexity index is 3230. The topological polar surface area (TPSA) is 590 Å². The summed E-state index contributed by atoms with van der Waals surface area (Å²) >= 11 is 0. The summed E-state index contributed by atoms with van der Waals surface area (Å²) in [6, 6.07) is 0. The van der Waals surface area contributed by atoms with Crippen molar-refractivity contribution >= 4 is 5.97 Å². The minimum absolute atomic E-state index is 0.0552. The molecule has 4 saturated carbocycles. The number of carbonyl (C=O) groups is 1. The highest BCUT2D eigenvalue weighted by molar-refractivity contribution is 5.79. The summed E-state index contributed by atoms with van der Waals surface area (Å²) in [4.78, 5) is 15.3. The van der Waals surface area contributed by atoms with Crippen LogP contribution in [0.1, 0.15) is 127 Å². The second-order valence-electron chi connectivity index (χ2n) is 36.2. The van der Waals surface area contributed by atoms with E-state index in [0.717, 1.165) is 12.8 Å². The van der Waals surface area contributed by atoms with Gasteiger partial charge in [-0.2, -0.15) is 0 Å². The van der Waals surface area contributed by atoms with Crippen LogP contribution in [0.15, 0.2) is 11.6 Å². The van der Waals surface area contributed by atoms with Crippen molar-refractivity contribution in [2.45, 2.75) is 360 Å². The van der Waals surface area contributed by atoms with Gasteiger partial charge < -0.3 is 183 Å². The van der Waals surface area contributed by atoms with Gasteiger partial charge in [-0.05, 0) is 123 Å². The van der Waals surface area contributed by atoms with Crippen LogP contribution in [0.3, 0.4) is 0 Å². The Morgan fingerprint density at radius 2 is 0.929 bits per heavy atom. The lowest BCUT2D eigenvalue weighted by atomic mass is 9.33. The molecule has 8 saturated heterocycles. The smallest absolute Gasteiger partial charge is 0.315 e. The van der Waals surface area contributed by atoms with Crippen molar-refractivity contribution in [1.29, 1.82) is 0 Å². The van der Waals surface area contributed by atoms with Crippen molar-refractivity contribution in [1.82, 2.24) is 0 Å². The predicted octanol–water partition coefficient (Wildman–Crippen LogP) is -6.77. The molecule has 12 fully saturated rings. The predicted molar refractivity (Wildman–Crippen MR) is 372 cm³/mol. The van der Waals surface area contributed by atoms with E-state index in [-0.39, 0.29) is 40.6 Å². The number of allylic oxidation sites excluding steroid dienone is 2. The number of hydrogen-bond acceptors (Lipinski definition) is 38. The van der Waals surface area contributed by atoms with E-state index in [1.165, 1.54) is 19.4 Å². The van der Waals surface area contributed by atoms with Crippen LogP contribution in [0, 0.1) is 50.2 Å². The van der Waals surface area contributed by atoms with Crippen LogP contribution in [0.5, 0.6) is 0 Å². The van der Waals surface area contributed by atoms with E-state index in [1.54, 1.807) is 0 Å². The molecule has 0 aromatic rings. The first-order chi connectivity index (χ1) is 53.1. The fraction of sp³-hybridized carbons (Fsp3) is 0.960. The first-order valence-electron chi connectivity index (χ1n) is 39.8. The molecule has 8 aliphatic heterocycles. The third-order valence-corrected chi connectivity index (χ3v) is 28.6. The van der Waals surface area contributed by atoms with Crippen LogP contribution in [-0.4, -0.2) is 386 Å². The molecule has 113 heavy (non-hydrogen) atoms. The van der Waals surface area contributed by atoms with Crippen LogP contribution in [0.4, 0.5) is 0 Å². The number of ether oxygens (including phenoxy) is 16. The lowest BCUT2D eigenvalue weighted by Crippen LogP contribution is -2.66. The highest BCUT2D eigenvalue weighted by Crippen LogP contribution is 2.76. The lowest BCUT2D eigenvalue weighted by Gasteiger charge is -2.71. The molecule has 650 valence electrons. The number of fused-ring (bicyclic) bond motifs is 7. The van der Waals surface area contributed by atoms with Crippen molar-refractivity contribution in [2.75, 3.05) is 39.6 Å². The Hall–Kier alpha value is -2.23. The molecule has 0 aromatic carbocycles. The average Bonchev–Trinajstić information content (AvgIpc) is 0.674. The van der Waals surface area contributed by atoms with Gasteiger partial charge in [0.2, 0.25) is 6.29 Å². The quantitative estimate of drug-likeness (QED) is 0.0325. The summed E-state index contributed by atoms with van der Waals surface area (Å²) in [5, 5.41) is 230. The highest BCUT2D eigenvalue weighted by Gasteiger charge is 2.71. The lowest BCUT2D eigenvalue weighted by molar-refractivity contribution is -0.389. The fourth-order valence-electron chi connectivity index (χ4n) is 21.3. The van der Waals surface area contributed by atoms with Gasteiger partial charge in [0.15, 0.2) is 44.0 Å². The SMILES string of the molecule is C[C@@H]1O[C@@H](O[C@H]2[C@H](O[C@H]3[C@H](O)[C@@H](O)[C@H](O[C@@H]4CO[C@@H](O[C@@H]5[C@@H](O)[C@H](C)O[C@@H](O[C@H]6[C@H](O[C@H]7CC[C@]8(C)[C@H]9CC=C%10[C@@H]%11CC(C)(C)CC[C@]%11(C(=O)O[C@@H]%11O[C@H](CO[C@@H]%12O[C@H](CO)[C@@H](O)[C@H](O)[C@H]%12O)[C@@H](O)[C@H](O)[C@H]%11O)CC[C@@]%10(C)[C@]9(C)CC[C@H]8C7(C)C)OC[C@@H](O)[C@@H]6O)[C@@H]5O)[C@H](O)[C@H]4O)O[C@@H]3CO)OC[C@@H](O)[C@@H]2O)[C@H](O)[C@H](O)[C@H]1O. The summed E-state index contributed by atoms with van der Waals surface area (Å²) in [5.41, 5.74) is -1.61. The third kappa shape index (κ3) is 15.9. The second-order valence-corrected chi connectivity index (χ2v) is 36.2. The first kappa shape index (κ1) is 88.6. The Labute approximate surface area is 653 Å². The van der Waals surface area contributed by atoms with E-state index >= 15 is 4.79 Å². The fourth-order valence-corrected chi connectivity index (χ4v) is 21.3. The van der Waals surface area contributed by atoms with E-state index < -0.39 is 289 Å². The summed E-state index contributed by atoms with van der Waals surface area (Å²) in [7, 11) is 0. The monoisotopic (exact) mass is 1630 g/mol. The molecule has 13 rings (SSSR count). The summed E-state index contributed by atoms with van der Waals surface area (Å²) in [6.07, 6.45) is -54.3. The molecule has 21 N–H and O–H groups in total. The Balaban J connectivity index is 0.637. The normalized spacial score (nSPS) is 54.7. The zero-order valence-electron chi connectivity index (χ0n) is 64.9.